The zero-order chi connectivity index (χ0) is 15.4. The highest BCUT2D eigenvalue weighted by Crippen LogP contribution is 2.41. The van der Waals surface area contributed by atoms with E-state index in [1.54, 1.807) is 17.2 Å². The van der Waals surface area contributed by atoms with Gasteiger partial charge >= 0.3 is 0 Å². The Labute approximate surface area is 133 Å². The van der Waals surface area contributed by atoms with Gasteiger partial charge in [-0.15, -0.1) is 16.4 Å². The summed E-state index contributed by atoms with van der Waals surface area (Å²) in [6.45, 7) is 2.68. The fraction of sp³-hybridized carbons (Fsp3) is 0.643. The van der Waals surface area contributed by atoms with Crippen LogP contribution in [0.4, 0.5) is 5.13 Å². The lowest BCUT2D eigenvalue weighted by Gasteiger charge is -2.36. The van der Waals surface area contributed by atoms with Gasteiger partial charge < -0.3 is 5.32 Å². The first-order chi connectivity index (χ1) is 10.7. The third-order valence-corrected chi connectivity index (χ3v) is 5.03. The molecule has 1 N–H and O–H groups in total. The minimum Gasteiger partial charge on any atom is -0.302 e. The van der Waals surface area contributed by atoms with Gasteiger partial charge in [-0.25, -0.2) is 9.67 Å². The molecule has 0 atom stereocenters. The maximum atomic E-state index is 12.4. The number of nitrogens with one attached hydrogen (secondary N) is 1. The Kier molecular flexibility index (Phi) is 4.47. The molecule has 0 bridgehead atoms. The van der Waals surface area contributed by atoms with Crippen molar-refractivity contribution in [1.29, 1.82) is 0 Å². The highest BCUT2D eigenvalue weighted by atomic mass is 32.1. The highest BCUT2D eigenvalue weighted by molar-refractivity contribution is 7.15. The number of aromatic nitrogens is 5. The van der Waals surface area contributed by atoms with Crippen molar-refractivity contribution in [3.8, 4) is 0 Å². The summed E-state index contributed by atoms with van der Waals surface area (Å²) in [7, 11) is 0. The van der Waals surface area contributed by atoms with Crippen LogP contribution in [-0.2, 0) is 11.3 Å². The number of nitrogens with zero attached hydrogens (tertiary/aromatic N) is 5. The zero-order valence-electron chi connectivity index (χ0n) is 12.7. The first-order valence-electron chi connectivity index (χ1n) is 7.58. The van der Waals surface area contributed by atoms with E-state index in [1.807, 2.05) is 6.92 Å². The van der Waals surface area contributed by atoms with Crippen molar-refractivity contribution in [2.45, 2.75) is 52.0 Å². The normalized spacial score (nSPS) is 17.3. The van der Waals surface area contributed by atoms with Crippen LogP contribution >= 0.6 is 11.3 Å². The first-order valence-corrected chi connectivity index (χ1v) is 8.40. The first kappa shape index (κ1) is 15.1. The number of thiazole rings is 1. The Morgan fingerprint density at radius 2 is 2.23 bits per heavy atom. The van der Waals surface area contributed by atoms with Crippen LogP contribution in [0.2, 0.25) is 0 Å². The molecule has 1 fully saturated rings. The van der Waals surface area contributed by atoms with Gasteiger partial charge in [-0.1, -0.05) is 19.3 Å². The Morgan fingerprint density at radius 1 is 1.41 bits per heavy atom. The number of aryl methyl sites for hydroxylation is 1. The molecule has 0 aliphatic heterocycles. The number of hydrogen-bond acceptors (Lipinski definition) is 6. The predicted octanol–water partition coefficient (Wildman–Crippen LogP) is 2.42. The molecule has 1 saturated carbocycles. The average molecular weight is 320 g/mol. The number of tetrazole rings is 1. The van der Waals surface area contributed by atoms with E-state index in [1.165, 1.54) is 17.8 Å². The molecule has 0 spiro atoms. The second-order valence-electron chi connectivity index (χ2n) is 6.07. The minimum atomic E-state index is -0.0516. The van der Waals surface area contributed by atoms with Crippen LogP contribution in [0.5, 0.6) is 0 Å². The summed E-state index contributed by atoms with van der Waals surface area (Å²) in [5.74, 6) is 0.0318. The largest absolute Gasteiger partial charge is 0.302 e. The SMILES string of the molecule is Cc1cnc(NC(=O)CC2(Cn3cnnn3)CCCCC2)s1. The Hall–Kier alpha value is -1.83. The molecule has 2 aromatic rings. The van der Waals surface area contributed by atoms with Gasteiger partial charge in [0, 0.05) is 17.5 Å². The Bertz CT molecular complexity index is 617. The minimum absolute atomic E-state index is 0.0318. The van der Waals surface area contributed by atoms with E-state index in [2.05, 4.69) is 25.8 Å². The van der Waals surface area contributed by atoms with Gasteiger partial charge in [-0.3, -0.25) is 4.79 Å². The molecule has 7 nitrogen and oxygen atoms in total. The topological polar surface area (TPSA) is 85.6 Å². The van der Waals surface area contributed by atoms with Gasteiger partial charge in [0.1, 0.15) is 6.33 Å². The van der Waals surface area contributed by atoms with Crippen molar-refractivity contribution >= 4 is 22.4 Å². The van der Waals surface area contributed by atoms with Crippen LogP contribution in [-0.4, -0.2) is 31.1 Å². The number of hydrogen-bond donors (Lipinski definition) is 1. The van der Waals surface area contributed by atoms with E-state index < -0.39 is 0 Å². The molecule has 2 heterocycles. The van der Waals surface area contributed by atoms with Crippen molar-refractivity contribution in [2.75, 3.05) is 5.32 Å². The molecule has 0 saturated heterocycles. The van der Waals surface area contributed by atoms with Gasteiger partial charge in [0.25, 0.3) is 0 Å². The van der Waals surface area contributed by atoms with E-state index >= 15 is 0 Å². The Morgan fingerprint density at radius 3 is 2.86 bits per heavy atom. The van der Waals surface area contributed by atoms with Crippen molar-refractivity contribution in [1.82, 2.24) is 25.2 Å². The summed E-state index contributed by atoms with van der Waals surface area (Å²) in [5, 5.41) is 14.9. The second kappa shape index (κ2) is 6.51. The monoisotopic (exact) mass is 320 g/mol. The van der Waals surface area contributed by atoms with Gasteiger partial charge in [-0.2, -0.15) is 0 Å². The van der Waals surface area contributed by atoms with Crippen molar-refractivity contribution < 1.29 is 4.79 Å². The summed E-state index contributed by atoms with van der Waals surface area (Å²) in [6.07, 6.45) is 9.53. The quantitative estimate of drug-likeness (QED) is 0.914. The zero-order valence-corrected chi connectivity index (χ0v) is 13.5. The fourth-order valence-electron chi connectivity index (χ4n) is 3.21. The number of anilines is 1. The smallest absolute Gasteiger partial charge is 0.226 e. The summed E-state index contributed by atoms with van der Waals surface area (Å²) in [4.78, 5) is 17.7. The van der Waals surface area contributed by atoms with Crippen molar-refractivity contribution in [2.24, 2.45) is 5.41 Å². The molecule has 0 unspecified atom stereocenters. The van der Waals surface area contributed by atoms with Crippen LogP contribution in [0.3, 0.4) is 0 Å². The second-order valence-corrected chi connectivity index (χ2v) is 7.30. The lowest BCUT2D eigenvalue weighted by molar-refractivity contribution is -0.119. The molecule has 22 heavy (non-hydrogen) atoms. The molecule has 1 aliphatic rings. The number of rotatable bonds is 5. The van der Waals surface area contributed by atoms with Gasteiger partial charge in [0.2, 0.25) is 5.91 Å². The van der Waals surface area contributed by atoms with Crippen LogP contribution < -0.4 is 5.32 Å². The van der Waals surface area contributed by atoms with Gasteiger partial charge in [0.15, 0.2) is 5.13 Å². The summed E-state index contributed by atoms with van der Waals surface area (Å²) >= 11 is 1.50. The third kappa shape index (κ3) is 3.68. The van der Waals surface area contributed by atoms with Gasteiger partial charge in [0.05, 0.1) is 6.54 Å². The third-order valence-electron chi connectivity index (χ3n) is 4.21. The average Bonchev–Trinajstić information content (AvgIpc) is 3.11. The Balaban J connectivity index is 1.68. The molecule has 2 aromatic heterocycles. The summed E-state index contributed by atoms with van der Waals surface area (Å²) in [5.41, 5.74) is -0.0516. The van der Waals surface area contributed by atoms with E-state index in [4.69, 9.17) is 0 Å². The van der Waals surface area contributed by atoms with Crippen molar-refractivity contribution in [3.63, 3.8) is 0 Å². The molecule has 1 aliphatic carbocycles. The molecule has 0 radical (unpaired) electrons. The van der Waals surface area contributed by atoms with E-state index in [0.29, 0.717) is 18.1 Å². The standard InChI is InChI=1S/C14H20N6OS/c1-11-8-15-13(22-11)17-12(21)7-14(5-3-2-4-6-14)9-20-10-16-18-19-20/h8,10H,2-7,9H2,1H3,(H,15,17,21). The molecule has 0 aromatic carbocycles. The lowest BCUT2D eigenvalue weighted by Crippen LogP contribution is -2.34. The number of amides is 1. The van der Waals surface area contributed by atoms with Gasteiger partial charge in [-0.05, 0) is 35.6 Å². The van der Waals surface area contributed by atoms with E-state index in [-0.39, 0.29) is 11.3 Å². The maximum absolute atomic E-state index is 12.4. The molecular formula is C14H20N6OS. The van der Waals surface area contributed by atoms with Crippen LogP contribution in [0.1, 0.15) is 43.4 Å². The predicted molar refractivity (Wildman–Crippen MR) is 83.4 cm³/mol. The molecule has 8 heteroatoms. The number of carbonyl (C=O) groups excluding carboxylic acids is 1. The van der Waals surface area contributed by atoms with Crippen molar-refractivity contribution in [3.05, 3.63) is 17.4 Å². The van der Waals surface area contributed by atoms with E-state index in [9.17, 15) is 4.79 Å². The summed E-state index contributed by atoms with van der Waals surface area (Å²) in [6, 6.07) is 0. The number of carbonyl (C=O) groups is 1. The van der Waals surface area contributed by atoms with Crippen LogP contribution in [0.25, 0.3) is 0 Å². The lowest BCUT2D eigenvalue weighted by atomic mass is 9.71. The maximum Gasteiger partial charge on any atom is 0.226 e. The van der Waals surface area contributed by atoms with Crippen LogP contribution in [0, 0.1) is 12.3 Å². The molecule has 3 rings (SSSR count). The molecule has 1 amide bonds. The molecular weight excluding hydrogens is 300 g/mol. The fourth-order valence-corrected chi connectivity index (χ4v) is 3.89. The highest BCUT2D eigenvalue weighted by Gasteiger charge is 2.35. The van der Waals surface area contributed by atoms with Crippen LogP contribution in [0.15, 0.2) is 12.5 Å². The molecule has 118 valence electrons. The van der Waals surface area contributed by atoms with E-state index in [0.717, 1.165) is 30.6 Å². The summed E-state index contributed by atoms with van der Waals surface area (Å²) < 4.78 is 1.74.